The summed E-state index contributed by atoms with van der Waals surface area (Å²) >= 11 is 1.29. The van der Waals surface area contributed by atoms with E-state index in [-0.39, 0.29) is 18.0 Å². The maximum Gasteiger partial charge on any atom is 0.358 e. The van der Waals surface area contributed by atoms with Gasteiger partial charge in [-0.1, -0.05) is 6.92 Å². The summed E-state index contributed by atoms with van der Waals surface area (Å²) in [5.41, 5.74) is 0.272. The van der Waals surface area contributed by atoms with Crippen LogP contribution in [0.15, 0.2) is 0 Å². The molecule has 0 atom stereocenters. The fourth-order valence-electron chi connectivity index (χ4n) is 1.45. The molecule has 0 spiro atoms. The molecular formula is C11H19N3O4S2. The quantitative estimate of drug-likeness (QED) is 0.693. The van der Waals surface area contributed by atoms with Gasteiger partial charge in [0.1, 0.15) is 0 Å². The van der Waals surface area contributed by atoms with Crippen LogP contribution in [0.25, 0.3) is 0 Å². The van der Waals surface area contributed by atoms with Crippen molar-refractivity contribution in [3.8, 4) is 0 Å². The molecule has 9 heteroatoms. The van der Waals surface area contributed by atoms with Gasteiger partial charge in [0, 0.05) is 18.0 Å². The third-order valence-electron chi connectivity index (χ3n) is 2.28. The van der Waals surface area contributed by atoms with E-state index in [0.717, 1.165) is 4.88 Å². The molecule has 2 N–H and O–H groups in total. The molecule has 0 radical (unpaired) electrons. The van der Waals surface area contributed by atoms with Crippen LogP contribution in [-0.4, -0.2) is 44.8 Å². The molecule has 7 nitrogen and oxygen atoms in total. The smallest absolute Gasteiger partial charge is 0.358 e. The van der Waals surface area contributed by atoms with Gasteiger partial charge in [-0.05, 0) is 13.8 Å². The van der Waals surface area contributed by atoms with Gasteiger partial charge >= 0.3 is 5.97 Å². The van der Waals surface area contributed by atoms with Crippen molar-refractivity contribution in [3.63, 3.8) is 0 Å². The van der Waals surface area contributed by atoms with E-state index in [0.29, 0.717) is 18.3 Å². The molecule has 0 saturated carbocycles. The highest BCUT2D eigenvalue weighted by molar-refractivity contribution is 7.89. The van der Waals surface area contributed by atoms with E-state index in [9.17, 15) is 13.2 Å². The highest BCUT2D eigenvalue weighted by atomic mass is 32.2. The first-order valence-corrected chi connectivity index (χ1v) is 8.72. The number of nitrogens with one attached hydrogen (secondary N) is 2. The van der Waals surface area contributed by atoms with Crippen molar-refractivity contribution >= 4 is 32.5 Å². The fraction of sp³-hybridized carbons (Fsp3) is 0.636. The standard InChI is InChI=1S/C11H19N3O4S2/c1-4-13-20(16,17)7-6-12-11-14-9(8(3)19-11)10(15)18-5-2/h13H,4-7H2,1-3H3,(H,12,14). The molecule has 0 aliphatic rings. The van der Waals surface area contributed by atoms with E-state index in [1.54, 1.807) is 20.8 Å². The second-order valence-corrected chi connectivity index (χ2v) is 7.02. The molecule has 0 aliphatic heterocycles. The van der Waals surface area contributed by atoms with Crippen LogP contribution in [-0.2, 0) is 14.8 Å². The normalized spacial score (nSPS) is 11.3. The first-order chi connectivity index (χ1) is 9.39. The SMILES string of the molecule is CCNS(=O)(=O)CCNc1nc(C(=O)OCC)c(C)s1. The molecule has 0 aliphatic carbocycles. The Morgan fingerprint density at radius 3 is 2.70 bits per heavy atom. The Hall–Kier alpha value is -1.19. The Morgan fingerprint density at radius 1 is 1.40 bits per heavy atom. The Morgan fingerprint density at radius 2 is 2.10 bits per heavy atom. The zero-order valence-corrected chi connectivity index (χ0v) is 13.4. The minimum absolute atomic E-state index is 0.0474. The Balaban J connectivity index is 2.58. The third-order valence-corrected chi connectivity index (χ3v) is 4.68. The monoisotopic (exact) mass is 321 g/mol. The summed E-state index contributed by atoms with van der Waals surface area (Å²) in [7, 11) is -3.26. The molecule has 1 aromatic heterocycles. The average molecular weight is 321 g/mol. The predicted octanol–water partition coefficient (Wildman–Crippen LogP) is 0.979. The van der Waals surface area contributed by atoms with Gasteiger partial charge in [0.05, 0.1) is 12.4 Å². The van der Waals surface area contributed by atoms with Gasteiger partial charge in [-0.3, -0.25) is 0 Å². The number of hydrogen-bond acceptors (Lipinski definition) is 7. The van der Waals surface area contributed by atoms with Crippen LogP contribution in [0.3, 0.4) is 0 Å². The van der Waals surface area contributed by atoms with E-state index in [2.05, 4.69) is 15.0 Å². The molecule has 1 aromatic rings. The molecule has 0 amide bonds. The predicted molar refractivity (Wildman–Crippen MR) is 78.8 cm³/mol. The lowest BCUT2D eigenvalue weighted by Crippen LogP contribution is -2.29. The average Bonchev–Trinajstić information content (AvgIpc) is 2.70. The number of ether oxygens (including phenoxy) is 1. The molecule has 0 fully saturated rings. The summed E-state index contributed by atoms with van der Waals surface area (Å²) in [5.74, 6) is -0.511. The van der Waals surface area contributed by atoms with Gasteiger partial charge < -0.3 is 10.1 Å². The lowest BCUT2D eigenvalue weighted by molar-refractivity contribution is 0.0519. The zero-order chi connectivity index (χ0) is 15.2. The van der Waals surface area contributed by atoms with Crippen LogP contribution < -0.4 is 10.0 Å². The summed E-state index contributed by atoms with van der Waals surface area (Å²) in [6, 6.07) is 0. The van der Waals surface area contributed by atoms with Crippen molar-refractivity contribution in [2.75, 3.05) is 30.8 Å². The number of sulfonamides is 1. The van der Waals surface area contributed by atoms with E-state index < -0.39 is 16.0 Å². The van der Waals surface area contributed by atoms with Crippen LogP contribution in [0.1, 0.15) is 29.2 Å². The number of aromatic nitrogens is 1. The fourth-order valence-corrected chi connectivity index (χ4v) is 3.23. The number of carbonyl (C=O) groups is 1. The number of anilines is 1. The first kappa shape index (κ1) is 16.9. The van der Waals surface area contributed by atoms with Gasteiger partial charge in [0.2, 0.25) is 10.0 Å². The number of esters is 1. The topological polar surface area (TPSA) is 97.4 Å². The maximum absolute atomic E-state index is 11.6. The number of rotatable bonds is 8. The molecule has 0 aromatic carbocycles. The third kappa shape index (κ3) is 5.06. The summed E-state index contributed by atoms with van der Waals surface area (Å²) in [4.78, 5) is 16.4. The molecule has 0 unspecified atom stereocenters. The van der Waals surface area contributed by atoms with Crippen molar-refractivity contribution in [3.05, 3.63) is 10.6 Å². The van der Waals surface area contributed by atoms with Crippen molar-refractivity contribution in [1.82, 2.24) is 9.71 Å². The van der Waals surface area contributed by atoms with Gasteiger partial charge in [-0.15, -0.1) is 11.3 Å². The Bertz CT molecular complexity index is 554. The number of carbonyl (C=O) groups excluding carboxylic acids is 1. The second-order valence-electron chi connectivity index (χ2n) is 3.89. The van der Waals surface area contributed by atoms with E-state index >= 15 is 0 Å². The second kappa shape index (κ2) is 7.55. The molecule has 0 saturated heterocycles. The van der Waals surface area contributed by atoms with Crippen molar-refractivity contribution < 1.29 is 17.9 Å². The molecule has 20 heavy (non-hydrogen) atoms. The zero-order valence-electron chi connectivity index (χ0n) is 11.7. The van der Waals surface area contributed by atoms with E-state index in [1.807, 2.05) is 0 Å². The minimum Gasteiger partial charge on any atom is -0.461 e. The van der Waals surface area contributed by atoms with Gasteiger partial charge in [-0.25, -0.2) is 22.9 Å². The number of aryl methyl sites for hydroxylation is 1. The van der Waals surface area contributed by atoms with Crippen LogP contribution in [0.5, 0.6) is 0 Å². The highest BCUT2D eigenvalue weighted by Gasteiger charge is 2.16. The van der Waals surface area contributed by atoms with Crippen LogP contribution in [0.4, 0.5) is 5.13 Å². The largest absolute Gasteiger partial charge is 0.461 e. The minimum atomic E-state index is -3.26. The summed E-state index contributed by atoms with van der Waals surface area (Å²) < 4.78 is 30.2. The van der Waals surface area contributed by atoms with Crippen molar-refractivity contribution in [1.29, 1.82) is 0 Å². The molecule has 114 valence electrons. The van der Waals surface area contributed by atoms with Crippen LogP contribution >= 0.6 is 11.3 Å². The molecule has 1 heterocycles. The van der Waals surface area contributed by atoms with Crippen LogP contribution in [0, 0.1) is 6.92 Å². The number of thiazole rings is 1. The summed E-state index contributed by atoms with van der Waals surface area (Å²) in [5, 5.41) is 3.41. The summed E-state index contributed by atoms with van der Waals surface area (Å²) in [6.45, 7) is 6.10. The Kier molecular flexibility index (Phi) is 6.37. The molecule has 1 rings (SSSR count). The molecule has 0 bridgehead atoms. The van der Waals surface area contributed by atoms with Crippen molar-refractivity contribution in [2.24, 2.45) is 0 Å². The first-order valence-electron chi connectivity index (χ1n) is 6.25. The van der Waals surface area contributed by atoms with Gasteiger partial charge in [0.15, 0.2) is 10.8 Å². The van der Waals surface area contributed by atoms with Gasteiger partial charge in [0.25, 0.3) is 0 Å². The van der Waals surface area contributed by atoms with Crippen LogP contribution in [0.2, 0.25) is 0 Å². The summed E-state index contributed by atoms with van der Waals surface area (Å²) in [6.07, 6.45) is 0. The lowest BCUT2D eigenvalue weighted by atomic mass is 10.4. The molecular weight excluding hydrogens is 302 g/mol. The van der Waals surface area contributed by atoms with E-state index in [4.69, 9.17) is 4.74 Å². The van der Waals surface area contributed by atoms with Gasteiger partial charge in [-0.2, -0.15) is 0 Å². The van der Waals surface area contributed by atoms with E-state index in [1.165, 1.54) is 11.3 Å². The number of nitrogens with zero attached hydrogens (tertiary/aromatic N) is 1. The number of hydrogen-bond donors (Lipinski definition) is 2. The lowest BCUT2D eigenvalue weighted by Gasteiger charge is -2.04. The highest BCUT2D eigenvalue weighted by Crippen LogP contribution is 2.22. The maximum atomic E-state index is 11.6. The Labute approximate surface area is 122 Å². The van der Waals surface area contributed by atoms with Crippen molar-refractivity contribution in [2.45, 2.75) is 20.8 Å².